The van der Waals surface area contributed by atoms with E-state index in [1.807, 2.05) is 171 Å². The first-order valence-corrected chi connectivity index (χ1v) is 38.9. The summed E-state index contributed by atoms with van der Waals surface area (Å²) in [6, 6.07) is 41.9. The number of ether oxygens (including phenoxy) is 3. The monoisotopic (exact) mass is 1330 g/mol. The summed E-state index contributed by atoms with van der Waals surface area (Å²) < 4.78 is 87.6. The third-order valence-corrected chi connectivity index (χ3v) is 30.0. The molecule has 0 spiro atoms. The lowest BCUT2D eigenvalue weighted by Crippen LogP contribution is -2.50. The van der Waals surface area contributed by atoms with Crippen LogP contribution < -0.4 is 22.5 Å². The molecule has 0 saturated carbocycles. The number of H-pyrrole nitrogens is 2. The van der Waals surface area contributed by atoms with Crippen molar-refractivity contribution in [3.63, 3.8) is 0 Å². The molecule has 0 amide bonds. The fourth-order valence-corrected chi connectivity index (χ4v) is 16.7. The van der Waals surface area contributed by atoms with Crippen LogP contribution in [0, 0.1) is 22.7 Å². The molecule has 2 N–H and O–H groups in total. The molecule has 1 unspecified atom stereocenters. The van der Waals surface area contributed by atoms with Crippen LogP contribution in [0.2, 0.25) is 41.3 Å². The molecule has 2 aliphatic rings. The van der Waals surface area contributed by atoms with Crippen LogP contribution in [-0.2, 0) is 55.8 Å². The maximum Gasteiger partial charge on any atom is 0.394 e. The summed E-state index contributed by atoms with van der Waals surface area (Å²) in [5.74, 6) is 0. The molecular formula is C61H75BClN6O15P2SSi2. The first-order chi connectivity index (χ1) is 41.7. The van der Waals surface area contributed by atoms with Gasteiger partial charge in [-0.25, -0.2) is 14.2 Å². The number of benzene rings is 4. The van der Waals surface area contributed by atoms with E-state index in [1.54, 1.807) is 24.3 Å². The van der Waals surface area contributed by atoms with Crippen LogP contribution in [-0.4, -0.2) is 107 Å². The number of nitrogens with zero attached hydrogens (tertiary/aromatic N) is 4. The molecule has 0 aliphatic carbocycles. The van der Waals surface area contributed by atoms with E-state index < -0.39 is 126 Å². The highest BCUT2D eigenvalue weighted by Gasteiger charge is 2.57. The summed E-state index contributed by atoms with van der Waals surface area (Å²) in [6.45, 7) is 14.2. The second-order valence-electron chi connectivity index (χ2n) is 24.1. The molecule has 473 valence electrons. The van der Waals surface area contributed by atoms with Crippen molar-refractivity contribution in [1.82, 2.24) is 19.1 Å². The molecule has 2 fully saturated rings. The van der Waals surface area contributed by atoms with Gasteiger partial charge in [-0.3, -0.25) is 37.7 Å². The van der Waals surface area contributed by atoms with Crippen LogP contribution in [0.5, 0.6) is 0 Å². The van der Waals surface area contributed by atoms with E-state index >= 15 is 4.57 Å². The van der Waals surface area contributed by atoms with E-state index in [9.17, 15) is 29.7 Å². The number of aromatic amines is 2. The molecule has 2 aromatic heterocycles. The van der Waals surface area contributed by atoms with E-state index in [-0.39, 0.29) is 41.1 Å². The van der Waals surface area contributed by atoms with Crippen LogP contribution in [0.4, 0.5) is 0 Å². The smallest absolute Gasteiger partial charge is 0.394 e. The maximum atomic E-state index is 16.7. The van der Waals surface area contributed by atoms with Gasteiger partial charge in [0.15, 0.2) is 29.1 Å². The van der Waals surface area contributed by atoms with Crippen molar-refractivity contribution >= 4 is 63.4 Å². The lowest BCUT2D eigenvalue weighted by Gasteiger charge is -2.41. The molecule has 89 heavy (non-hydrogen) atoms. The van der Waals surface area contributed by atoms with Crippen molar-refractivity contribution < 1.29 is 50.2 Å². The summed E-state index contributed by atoms with van der Waals surface area (Å²) in [6.07, 6.45) is -7.90. The zero-order valence-electron chi connectivity index (χ0n) is 51.3. The van der Waals surface area contributed by atoms with Gasteiger partial charge in [-0.2, -0.15) is 10.5 Å². The standard InChI is InChI=1S/C61H75ClN6O15P2SSi2.B/c1-59(2,3)87(7,8)82-53-51(80-84(75-38-20-34-63)76-39-21-35-64)48(79-55(53)67-36-32-49(69)65-57(67)71)41-77-85(73,86-46-30-28-45(62)29-31-46)81-52-47(78-56(68-37-33-50(70)66-58(68)72)54(52)83-88(9,10)60(4,5)6)40-74-61(42-22-14-11-15-23-42,43-24-16-12-17-25-43)44-26-18-13-19-27-44;/h11-19,22-33,36-37,47-48,51-56H,20-21,38-41H2,1-10H3,(H,65,69,71)(H,66,70,72);/t47-,48-,51-,52-,53-,54-,55-,56-,85?;/m1./s1. The van der Waals surface area contributed by atoms with Gasteiger partial charge in [-0.1, -0.05) is 144 Å². The lowest BCUT2D eigenvalue weighted by molar-refractivity contribution is -0.0945. The Morgan fingerprint density at radius 1 is 0.618 bits per heavy atom. The molecule has 9 atom stereocenters. The van der Waals surface area contributed by atoms with Crippen molar-refractivity contribution in [3.05, 3.63) is 203 Å². The summed E-state index contributed by atoms with van der Waals surface area (Å²) >= 11 is 7.19. The zero-order valence-corrected chi connectivity index (χ0v) is 56.7. The zero-order chi connectivity index (χ0) is 63.7. The first kappa shape index (κ1) is 71.1. The number of nitrogens with one attached hydrogen (secondary N) is 2. The van der Waals surface area contributed by atoms with Gasteiger partial charge in [0.05, 0.1) is 51.4 Å². The fraction of sp³-hybridized carbons (Fsp3) is 0.443. The predicted octanol–water partition coefficient (Wildman–Crippen LogP) is 11.7. The molecule has 28 heteroatoms. The molecular weight excluding hydrogens is 1250 g/mol. The lowest BCUT2D eigenvalue weighted by atomic mass is 9.80. The Bertz CT molecular complexity index is 3570. The van der Waals surface area contributed by atoms with Gasteiger partial charge >= 0.3 is 26.8 Å². The Balaban J connectivity index is 0.0000113. The van der Waals surface area contributed by atoms with E-state index in [0.29, 0.717) is 9.92 Å². The minimum absolute atomic E-state index is 0. The topological polar surface area (TPSA) is 267 Å². The number of hydrogen-bond donors (Lipinski definition) is 2. The number of aromatic nitrogens is 4. The van der Waals surface area contributed by atoms with Gasteiger partial charge in [0.1, 0.15) is 42.2 Å². The molecule has 4 aromatic carbocycles. The van der Waals surface area contributed by atoms with E-state index in [1.165, 1.54) is 23.0 Å². The number of rotatable bonds is 27. The van der Waals surface area contributed by atoms with Crippen molar-refractivity contribution in [2.75, 3.05) is 26.4 Å². The van der Waals surface area contributed by atoms with Gasteiger partial charge < -0.3 is 36.6 Å². The molecule has 2 saturated heterocycles. The highest BCUT2D eigenvalue weighted by atomic mass is 35.5. The number of halogens is 1. The average Bonchev–Trinajstić information content (AvgIpc) is 1.79. The second-order valence-corrected chi connectivity index (χ2v) is 39.1. The summed E-state index contributed by atoms with van der Waals surface area (Å²) in [4.78, 5) is 58.3. The third-order valence-electron chi connectivity index (χ3n) is 16.0. The van der Waals surface area contributed by atoms with Crippen LogP contribution in [0.1, 0.15) is 83.5 Å². The Morgan fingerprint density at radius 2 is 1.03 bits per heavy atom. The highest BCUT2D eigenvalue weighted by Crippen LogP contribution is 2.66. The Labute approximate surface area is 532 Å². The van der Waals surface area contributed by atoms with Crippen molar-refractivity contribution in [2.45, 2.75) is 150 Å². The number of hydrogen-bond acceptors (Lipinski definition) is 18. The summed E-state index contributed by atoms with van der Waals surface area (Å²) in [5.41, 5.74) is -2.00. The fourth-order valence-electron chi connectivity index (χ4n) is 9.45. The van der Waals surface area contributed by atoms with Crippen LogP contribution in [0.3, 0.4) is 0 Å². The van der Waals surface area contributed by atoms with Gasteiger partial charge in [-0.15, -0.1) is 0 Å². The average molecular weight is 1330 g/mol. The molecule has 6 aromatic rings. The van der Waals surface area contributed by atoms with Crippen LogP contribution in [0.25, 0.3) is 0 Å². The second kappa shape index (κ2) is 30.4. The van der Waals surface area contributed by atoms with Gasteiger partial charge in [0.25, 0.3) is 11.1 Å². The van der Waals surface area contributed by atoms with Crippen molar-refractivity contribution in [3.8, 4) is 12.1 Å². The molecule has 8 rings (SSSR count). The van der Waals surface area contributed by atoms with E-state index in [4.69, 9.17) is 57.3 Å². The normalized spacial score (nSPS) is 21.4. The van der Waals surface area contributed by atoms with Crippen LogP contribution >= 0.6 is 38.4 Å². The van der Waals surface area contributed by atoms with Gasteiger partial charge in [-0.05, 0) is 88.6 Å². The van der Waals surface area contributed by atoms with Gasteiger partial charge in [0, 0.05) is 42.9 Å². The minimum atomic E-state index is -4.80. The molecule has 3 radical (unpaired) electrons. The first-order valence-electron chi connectivity index (χ1n) is 28.6. The number of nitriles is 2. The molecule has 4 heterocycles. The molecule has 2 aliphatic heterocycles. The quantitative estimate of drug-likeness (QED) is 0.0210. The SMILES string of the molecule is CC(C)(C)[Si](C)(C)O[C@@H]1[C@H](OP(OCCC#N)OCCC#N)[C@@H](COP(=O)(O[C@H]2[C@@H](O[Si](C)(C)C(C)(C)C)[C@H](n3ccc(=O)[nH]c3=O)O[C@@H]2COC(c2ccccc2)(c2ccccc2)c2ccccc2)Sc2ccc(Cl)cc2)O[C@H]1n1ccc(=O)[nH]c1=O.[B]. The maximum absolute atomic E-state index is 16.7. The molecule has 0 bridgehead atoms. The molecule has 21 nitrogen and oxygen atoms in total. The van der Waals surface area contributed by atoms with Crippen molar-refractivity contribution in [1.29, 1.82) is 10.5 Å². The Morgan fingerprint density at radius 3 is 1.44 bits per heavy atom. The Hall–Kier alpha value is -5.38. The van der Waals surface area contributed by atoms with Gasteiger partial charge in [0.2, 0.25) is 0 Å². The van der Waals surface area contributed by atoms with Crippen molar-refractivity contribution in [2.24, 2.45) is 0 Å². The minimum Gasteiger partial charge on any atom is -0.407 e. The summed E-state index contributed by atoms with van der Waals surface area (Å²) in [7, 11) is -8.29. The largest absolute Gasteiger partial charge is 0.407 e. The van der Waals surface area contributed by atoms with E-state index in [0.717, 1.165) is 38.7 Å². The Kier molecular flexibility index (Phi) is 24.3. The highest BCUT2D eigenvalue weighted by molar-refractivity contribution is 8.55. The van der Waals surface area contributed by atoms with Crippen LogP contribution in [0.15, 0.2) is 164 Å². The summed E-state index contributed by atoms with van der Waals surface area (Å²) in [5, 5.41) is 18.5. The third kappa shape index (κ3) is 17.2. The predicted molar refractivity (Wildman–Crippen MR) is 345 cm³/mol. The van der Waals surface area contributed by atoms with E-state index in [2.05, 4.69) is 9.97 Å².